The highest BCUT2D eigenvalue weighted by Crippen LogP contribution is 2.13. The molecule has 0 radical (unpaired) electrons. The average Bonchev–Trinajstić information content (AvgIpc) is 2.47. The lowest BCUT2D eigenvalue weighted by atomic mass is 10.4. The van der Waals surface area contributed by atoms with Crippen molar-refractivity contribution in [3.63, 3.8) is 0 Å². The molecule has 0 spiro atoms. The maximum absolute atomic E-state index is 4.46. The third-order valence-corrected chi connectivity index (χ3v) is 8.54. The Morgan fingerprint density at radius 3 is 1.67 bits per heavy atom. The van der Waals surface area contributed by atoms with Gasteiger partial charge in [0.15, 0.2) is 0 Å². The van der Waals surface area contributed by atoms with Crippen molar-refractivity contribution >= 4 is 31.1 Å². The number of thiol groups is 1. The third-order valence-electron chi connectivity index (χ3n) is 3.43. The summed E-state index contributed by atoms with van der Waals surface area (Å²) in [6, 6.07) is 22.6. The van der Waals surface area contributed by atoms with Crippen LogP contribution in [0, 0.1) is 0 Å². The van der Waals surface area contributed by atoms with E-state index in [1.807, 2.05) is 0 Å². The molecule has 2 aromatic rings. The van der Waals surface area contributed by atoms with E-state index in [4.69, 9.17) is 0 Å². The standard InChI is InChI=1S/C16H18SSi/c1-2-18(14-13-17,15-9-5-3-6-10-15)16-11-7-4-8-12-16/h2-12,17H,1,13-14H2. The molecular weight excluding hydrogens is 252 g/mol. The van der Waals surface area contributed by atoms with Gasteiger partial charge >= 0.3 is 0 Å². The van der Waals surface area contributed by atoms with Crippen LogP contribution in [0.15, 0.2) is 72.9 Å². The zero-order valence-corrected chi connectivity index (χ0v) is 12.3. The van der Waals surface area contributed by atoms with Crippen LogP contribution < -0.4 is 10.4 Å². The predicted octanol–water partition coefficient (Wildman–Crippen LogP) is 2.90. The quantitative estimate of drug-likeness (QED) is 0.627. The molecule has 0 aromatic heterocycles. The molecule has 0 amide bonds. The number of benzene rings is 2. The van der Waals surface area contributed by atoms with E-state index in [1.54, 1.807) is 0 Å². The summed E-state index contributed by atoms with van der Waals surface area (Å²) in [5.74, 6) is 0.891. The van der Waals surface area contributed by atoms with Gasteiger partial charge in [-0.05, 0) is 22.2 Å². The molecule has 0 aliphatic heterocycles. The van der Waals surface area contributed by atoms with E-state index >= 15 is 0 Å². The van der Waals surface area contributed by atoms with E-state index in [-0.39, 0.29) is 0 Å². The number of hydrogen-bond donors (Lipinski definition) is 1. The summed E-state index contributed by atoms with van der Waals surface area (Å²) in [7, 11) is -1.83. The zero-order valence-electron chi connectivity index (χ0n) is 10.4. The van der Waals surface area contributed by atoms with Crippen LogP contribution in [0.5, 0.6) is 0 Å². The highest BCUT2D eigenvalue weighted by Gasteiger charge is 2.32. The van der Waals surface area contributed by atoms with E-state index in [9.17, 15) is 0 Å². The van der Waals surface area contributed by atoms with Crippen molar-refractivity contribution in [3.8, 4) is 0 Å². The van der Waals surface area contributed by atoms with Crippen molar-refractivity contribution in [3.05, 3.63) is 72.9 Å². The Labute approximate surface area is 116 Å². The lowest BCUT2D eigenvalue weighted by molar-refractivity contribution is 1.44. The second-order valence-corrected chi connectivity index (χ2v) is 8.83. The summed E-state index contributed by atoms with van der Waals surface area (Å²) in [5.41, 5.74) is 2.19. The molecule has 0 unspecified atom stereocenters. The molecule has 2 rings (SSSR count). The first kappa shape index (κ1) is 13.2. The summed E-state index contributed by atoms with van der Waals surface area (Å²) in [5, 5.41) is 2.83. The molecule has 2 aromatic carbocycles. The van der Waals surface area contributed by atoms with Gasteiger partial charge in [0, 0.05) is 0 Å². The monoisotopic (exact) mass is 270 g/mol. The molecule has 0 saturated carbocycles. The Morgan fingerprint density at radius 2 is 1.33 bits per heavy atom. The Hall–Kier alpha value is -1.25. The molecule has 0 aliphatic carbocycles. The van der Waals surface area contributed by atoms with E-state index in [0.717, 1.165) is 11.8 Å². The molecular formula is C16H18SSi. The van der Waals surface area contributed by atoms with Crippen LogP contribution >= 0.6 is 12.6 Å². The van der Waals surface area contributed by atoms with Crippen molar-refractivity contribution in [1.82, 2.24) is 0 Å². The van der Waals surface area contributed by atoms with Gasteiger partial charge in [-0.2, -0.15) is 12.6 Å². The van der Waals surface area contributed by atoms with Crippen molar-refractivity contribution in [2.24, 2.45) is 0 Å². The highest BCUT2D eigenvalue weighted by molar-refractivity contribution is 7.80. The zero-order chi connectivity index (χ0) is 12.8. The maximum atomic E-state index is 4.46. The first-order valence-corrected chi connectivity index (χ1v) is 9.10. The Morgan fingerprint density at radius 1 is 0.889 bits per heavy atom. The largest absolute Gasteiger partial charge is 0.180 e. The van der Waals surface area contributed by atoms with Gasteiger partial charge in [-0.25, -0.2) is 0 Å². The molecule has 0 N–H and O–H groups in total. The van der Waals surface area contributed by atoms with Crippen LogP contribution in [0.3, 0.4) is 0 Å². The van der Waals surface area contributed by atoms with E-state index in [2.05, 4.69) is 85.6 Å². The lowest BCUT2D eigenvalue weighted by Crippen LogP contribution is -2.57. The smallest absolute Gasteiger partial charge is 0.141 e. The van der Waals surface area contributed by atoms with E-state index < -0.39 is 8.07 Å². The van der Waals surface area contributed by atoms with Crippen LogP contribution in [-0.2, 0) is 0 Å². The average molecular weight is 270 g/mol. The summed E-state index contributed by atoms with van der Waals surface area (Å²) in [6.45, 7) is 4.13. The van der Waals surface area contributed by atoms with Gasteiger partial charge in [-0.15, -0.1) is 6.58 Å². The van der Waals surface area contributed by atoms with Gasteiger partial charge in [-0.3, -0.25) is 0 Å². The molecule has 0 nitrogen and oxygen atoms in total. The first-order valence-electron chi connectivity index (χ1n) is 6.19. The topological polar surface area (TPSA) is 0 Å². The molecule has 0 aliphatic rings. The van der Waals surface area contributed by atoms with Crippen LogP contribution in [0.4, 0.5) is 0 Å². The van der Waals surface area contributed by atoms with Crippen LogP contribution in [0.2, 0.25) is 6.04 Å². The van der Waals surface area contributed by atoms with Crippen LogP contribution in [0.1, 0.15) is 0 Å². The van der Waals surface area contributed by atoms with Crippen molar-refractivity contribution in [2.45, 2.75) is 6.04 Å². The van der Waals surface area contributed by atoms with Gasteiger partial charge in [0.25, 0.3) is 0 Å². The molecule has 0 fully saturated rings. The highest BCUT2D eigenvalue weighted by atomic mass is 32.1. The molecule has 0 heterocycles. The molecule has 0 bridgehead atoms. The Balaban J connectivity index is 2.57. The second-order valence-electron chi connectivity index (χ2n) is 4.38. The maximum Gasteiger partial charge on any atom is 0.141 e. The predicted molar refractivity (Wildman–Crippen MR) is 86.8 cm³/mol. The SMILES string of the molecule is C=C[Si](CCS)(c1ccccc1)c1ccccc1. The normalized spacial score (nSPS) is 11.2. The Kier molecular flexibility index (Phi) is 4.45. The third kappa shape index (κ3) is 2.45. The fourth-order valence-corrected chi connectivity index (χ4v) is 7.01. The fraction of sp³-hybridized carbons (Fsp3) is 0.125. The fourth-order valence-electron chi connectivity index (χ4n) is 2.44. The molecule has 2 heteroatoms. The summed E-state index contributed by atoms with van der Waals surface area (Å²) in [4.78, 5) is 0. The number of rotatable bonds is 5. The molecule has 18 heavy (non-hydrogen) atoms. The van der Waals surface area contributed by atoms with Crippen LogP contribution in [-0.4, -0.2) is 13.8 Å². The minimum Gasteiger partial charge on any atom is -0.180 e. The minimum absolute atomic E-state index is 0.891. The Bertz CT molecular complexity index is 454. The molecule has 0 saturated heterocycles. The summed E-state index contributed by atoms with van der Waals surface area (Å²) >= 11 is 4.46. The van der Waals surface area contributed by atoms with Crippen LogP contribution in [0.25, 0.3) is 0 Å². The minimum atomic E-state index is -1.83. The summed E-state index contributed by atoms with van der Waals surface area (Å²) in [6.07, 6.45) is 0. The van der Waals surface area contributed by atoms with Gasteiger partial charge in [0.2, 0.25) is 0 Å². The van der Waals surface area contributed by atoms with E-state index in [0.29, 0.717) is 0 Å². The van der Waals surface area contributed by atoms with Crippen molar-refractivity contribution in [1.29, 1.82) is 0 Å². The molecule has 92 valence electrons. The molecule has 0 atom stereocenters. The van der Waals surface area contributed by atoms with E-state index in [1.165, 1.54) is 10.4 Å². The van der Waals surface area contributed by atoms with Crippen molar-refractivity contribution in [2.75, 3.05) is 5.75 Å². The number of hydrogen-bond acceptors (Lipinski definition) is 1. The van der Waals surface area contributed by atoms with Crippen molar-refractivity contribution < 1.29 is 0 Å². The first-order chi connectivity index (χ1) is 8.83. The lowest BCUT2D eigenvalue weighted by Gasteiger charge is -2.29. The van der Waals surface area contributed by atoms with Gasteiger partial charge in [0.1, 0.15) is 8.07 Å². The van der Waals surface area contributed by atoms with Gasteiger partial charge < -0.3 is 0 Å². The second kappa shape index (κ2) is 6.07. The van der Waals surface area contributed by atoms with Gasteiger partial charge in [-0.1, -0.05) is 66.4 Å². The summed E-state index contributed by atoms with van der Waals surface area (Å²) < 4.78 is 0. The van der Waals surface area contributed by atoms with Gasteiger partial charge in [0.05, 0.1) is 0 Å².